The number of amides is 2. The molecule has 0 bridgehead atoms. The van der Waals surface area contributed by atoms with Crippen molar-refractivity contribution in [2.75, 3.05) is 49.5 Å². The van der Waals surface area contributed by atoms with Crippen molar-refractivity contribution in [3.63, 3.8) is 0 Å². The Bertz CT molecular complexity index is 796. The second kappa shape index (κ2) is 9.35. The Hall–Kier alpha value is -1.89. The number of pyridine rings is 1. The predicted octanol–water partition coefficient (Wildman–Crippen LogP) is 3.99. The molecule has 2 amide bonds. The third kappa shape index (κ3) is 5.31. The molecule has 1 saturated heterocycles. The van der Waals surface area contributed by atoms with Crippen LogP contribution in [-0.4, -0.2) is 55.2 Å². The number of nitrogens with zero attached hydrogens (tertiary/aromatic N) is 3. The van der Waals surface area contributed by atoms with Crippen LogP contribution in [0.5, 0.6) is 0 Å². The van der Waals surface area contributed by atoms with Gasteiger partial charge in [0.2, 0.25) is 0 Å². The number of nitrogens with one attached hydrogen (secondary N) is 2. The molecular weight excluding hydrogens is 409 g/mol. The first-order valence-electron chi connectivity index (χ1n) is 8.62. The average Bonchev–Trinajstić information content (AvgIpc) is 2.67. The second-order valence-electron chi connectivity index (χ2n) is 6.07. The van der Waals surface area contributed by atoms with Gasteiger partial charge in [-0.15, -0.1) is 0 Å². The lowest BCUT2D eigenvalue weighted by molar-refractivity contribution is 0.195. The van der Waals surface area contributed by atoms with Gasteiger partial charge in [0.05, 0.1) is 20.8 Å². The Labute approximate surface area is 173 Å². The van der Waals surface area contributed by atoms with Crippen LogP contribution in [0.4, 0.5) is 16.3 Å². The SMILES string of the molecule is O=C(NCCNc1ncc(Cl)cc1Cl)N1CCN(c2ccccc2Cl)CC1. The van der Waals surface area contributed by atoms with E-state index in [1.807, 2.05) is 24.3 Å². The summed E-state index contributed by atoms with van der Waals surface area (Å²) in [6, 6.07) is 9.30. The third-order valence-electron chi connectivity index (χ3n) is 4.26. The van der Waals surface area contributed by atoms with E-state index in [1.54, 1.807) is 11.0 Å². The van der Waals surface area contributed by atoms with E-state index < -0.39 is 0 Å². The first-order chi connectivity index (χ1) is 13.0. The number of aromatic nitrogens is 1. The number of benzene rings is 1. The molecule has 3 rings (SSSR count). The van der Waals surface area contributed by atoms with E-state index >= 15 is 0 Å². The van der Waals surface area contributed by atoms with Crippen LogP contribution in [0.25, 0.3) is 0 Å². The zero-order valence-electron chi connectivity index (χ0n) is 14.6. The maximum Gasteiger partial charge on any atom is 0.317 e. The zero-order chi connectivity index (χ0) is 19.2. The van der Waals surface area contributed by atoms with Gasteiger partial charge in [0.1, 0.15) is 5.82 Å². The van der Waals surface area contributed by atoms with Crippen molar-refractivity contribution >= 4 is 52.3 Å². The molecule has 0 radical (unpaired) electrons. The van der Waals surface area contributed by atoms with Gasteiger partial charge in [-0.25, -0.2) is 9.78 Å². The Balaban J connectivity index is 1.40. The monoisotopic (exact) mass is 427 g/mol. The van der Waals surface area contributed by atoms with Gasteiger partial charge < -0.3 is 20.4 Å². The third-order valence-corrected chi connectivity index (χ3v) is 5.08. The van der Waals surface area contributed by atoms with E-state index in [-0.39, 0.29) is 6.03 Å². The Morgan fingerprint density at radius 2 is 1.78 bits per heavy atom. The van der Waals surface area contributed by atoms with Gasteiger partial charge in [0.25, 0.3) is 0 Å². The molecule has 0 spiro atoms. The van der Waals surface area contributed by atoms with Crippen LogP contribution in [-0.2, 0) is 0 Å². The fourth-order valence-electron chi connectivity index (χ4n) is 2.87. The summed E-state index contributed by atoms with van der Waals surface area (Å²) in [5, 5.41) is 7.64. The number of carbonyl (C=O) groups excluding carboxylic acids is 1. The van der Waals surface area contributed by atoms with Gasteiger partial charge in [-0.3, -0.25) is 0 Å². The predicted molar refractivity (Wildman–Crippen MR) is 111 cm³/mol. The maximum absolute atomic E-state index is 12.3. The van der Waals surface area contributed by atoms with Crippen molar-refractivity contribution in [1.82, 2.24) is 15.2 Å². The highest BCUT2D eigenvalue weighted by atomic mass is 35.5. The number of hydrogen-bond acceptors (Lipinski definition) is 4. The summed E-state index contributed by atoms with van der Waals surface area (Å²) < 4.78 is 0. The van der Waals surface area contributed by atoms with Gasteiger partial charge in [0.15, 0.2) is 0 Å². The molecule has 2 heterocycles. The molecule has 2 N–H and O–H groups in total. The molecule has 1 fully saturated rings. The molecule has 1 aromatic carbocycles. The molecule has 1 aromatic heterocycles. The van der Waals surface area contributed by atoms with Crippen molar-refractivity contribution in [3.05, 3.63) is 51.6 Å². The average molecular weight is 429 g/mol. The van der Waals surface area contributed by atoms with Crippen molar-refractivity contribution in [3.8, 4) is 0 Å². The smallest absolute Gasteiger partial charge is 0.317 e. The summed E-state index contributed by atoms with van der Waals surface area (Å²) in [5.41, 5.74) is 1.01. The molecule has 27 heavy (non-hydrogen) atoms. The Morgan fingerprint density at radius 3 is 2.48 bits per heavy atom. The molecule has 6 nitrogen and oxygen atoms in total. The fraction of sp³-hybridized carbons (Fsp3) is 0.333. The molecular formula is C18H20Cl3N5O. The van der Waals surface area contributed by atoms with Gasteiger partial charge in [-0.1, -0.05) is 46.9 Å². The number of para-hydroxylation sites is 1. The second-order valence-corrected chi connectivity index (χ2v) is 7.32. The minimum Gasteiger partial charge on any atom is -0.367 e. The zero-order valence-corrected chi connectivity index (χ0v) is 16.9. The standard InChI is InChI=1S/C18H20Cl3N5O/c19-13-11-15(21)17(24-12-13)22-5-6-23-18(27)26-9-7-25(8-10-26)16-4-2-1-3-14(16)20/h1-4,11-12H,5-10H2,(H,22,24)(H,23,27). The summed E-state index contributed by atoms with van der Waals surface area (Å²) in [6.07, 6.45) is 1.52. The number of hydrogen-bond donors (Lipinski definition) is 2. The van der Waals surface area contributed by atoms with Crippen LogP contribution in [0, 0.1) is 0 Å². The van der Waals surface area contributed by atoms with Crippen LogP contribution in [0.1, 0.15) is 0 Å². The lowest BCUT2D eigenvalue weighted by Gasteiger charge is -2.36. The van der Waals surface area contributed by atoms with Crippen LogP contribution in [0.15, 0.2) is 36.5 Å². The van der Waals surface area contributed by atoms with Gasteiger partial charge in [-0.05, 0) is 18.2 Å². The van der Waals surface area contributed by atoms with Crippen molar-refractivity contribution in [2.24, 2.45) is 0 Å². The molecule has 9 heteroatoms. The number of piperazine rings is 1. The molecule has 2 aromatic rings. The quantitative estimate of drug-likeness (QED) is 0.707. The number of anilines is 2. The minimum absolute atomic E-state index is 0.0780. The van der Waals surface area contributed by atoms with Crippen molar-refractivity contribution < 1.29 is 4.79 Å². The summed E-state index contributed by atoms with van der Waals surface area (Å²) in [4.78, 5) is 20.4. The molecule has 0 unspecified atom stereocenters. The highest BCUT2D eigenvalue weighted by molar-refractivity contribution is 6.36. The normalized spacial score (nSPS) is 14.2. The van der Waals surface area contributed by atoms with Gasteiger partial charge >= 0.3 is 6.03 Å². The summed E-state index contributed by atoms with van der Waals surface area (Å²) in [7, 11) is 0. The van der Waals surface area contributed by atoms with E-state index in [4.69, 9.17) is 34.8 Å². The molecule has 0 atom stereocenters. The summed E-state index contributed by atoms with van der Waals surface area (Å²) in [5.74, 6) is 0.545. The van der Waals surface area contributed by atoms with E-state index in [1.165, 1.54) is 6.20 Å². The highest BCUT2D eigenvalue weighted by Crippen LogP contribution is 2.26. The molecule has 0 aliphatic carbocycles. The van der Waals surface area contributed by atoms with E-state index in [0.29, 0.717) is 42.0 Å². The number of rotatable bonds is 5. The molecule has 1 aliphatic heterocycles. The molecule has 1 aliphatic rings. The number of carbonyl (C=O) groups is 1. The minimum atomic E-state index is -0.0780. The van der Waals surface area contributed by atoms with E-state index in [0.717, 1.165) is 23.8 Å². The highest BCUT2D eigenvalue weighted by Gasteiger charge is 2.21. The Kier molecular flexibility index (Phi) is 6.88. The Morgan fingerprint density at radius 1 is 1.04 bits per heavy atom. The van der Waals surface area contributed by atoms with Crippen LogP contribution >= 0.6 is 34.8 Å². The lowest BCUT2D eigenvalue weighted by atomic mass is 10.2. The van der Waals surface area contributed by atoms with Crippen LogP contribution < -0.4 is 15.5 Å². The largest absolute Gasteiger partial charge is 0.367 e. The molecule has 144 valence electrons. The lowest BCUT2D eigenvalue weighted by Crippen LogP contribution is -2.52. The van der Waals surface area contributed by atoms with Gasteiger partial charge in [0, 0.05) is 45.5 Å². The van der Waals surface area contributed by atoms with Crippen LogP contribution in [0.3, 0.4) is 0 Å². The first-order valence-corrected chi connectivity index (χ1v) is 9.75. The number of halogens is 3. The topological polar surface area (TPSA) is 60.5 Å². The fourth-order valence-corrected chi connectivity index (χ4v) is 3.57. The maximum atomic E-state index is 12.3. The summed E-state index contributed by atoms with van der Waals surface area (Å²) in [6.45, 7) is 3.77. The first kappa shape index (κ1) is 19.9. The van der Waals surface area contributed by atoms with Gasteiger partial charge in [-0.2, -0.15) is 0 Å². The van der Waals surface area contributed by atoms with Crippen molar-refractivity contribution in [2.45, 2.75) is 0 Å². The number of urea groups is 1. The van der Waals surface area contributed by atoms with E-state index in [9.17, 15) is 4.79 Å². The summed E-state index contributed by atoms with van der Waals surface area (Å²) >= 11 is 18.1. The molecule has 0 saturated carbocycles. The van der Waals surface area contributed by atoms with E-state index in [2.05, 4.69) is 20.5 Å². The van der Waals surface area contributed by atoms with Crippen molar-refractivity contribution in [1.29, 1.82) is 0 Å². The van der Waals surface area contributed by atoms with Crippen LogP contribution in [0.2, 0.25) is 15.1 Å².